The van der Waals surface area contributed by atoms with E-state index in [1.54, 1.807) is 0 Å². The quantitative estimate of drug-likeness (QED) is 0.822. The average Bonchev–Trinajstić information content (AvgIpc) is 2.48. The van der Waals surface area contributed by atoms with Crippen molar-refractivity contribution in [3.63, 3.8) is 0 Å². The van der Waals surface area contributed by atoms with Crippen molar-refractivity contribution >= 4 is 0 Å². The minimum absolute atomic E-state index is 0.655. The predicted octanol–water partition coefficient (Wildman–Crippen LogP) is 3.72. The van der Waals surface area contributed by atoms with Gasteiger partial charge in [-0.15, -0.1) is 0 Å². The van der Waals surface area contributed by atoms with E-state index in [1.807, 2.05) is 0 Å². The first-order valence-corrected chi connectivity index (χ1v) is 8.70. The smallest absolute Gasteiger partial charge is 0.0261 e. The molecule has 1 aliphatic heterocycles. The van der Waals surface area contributed by atoms with E-state index in [4.69, 9.17) is 0 Å². The zero-order valence-corrected chi connectivity index (χ0v) is 14.0. The van der Waals surface area contributed by atoms with Gasteiger partial charge in [0.1, 0.15) is 0 Å². The molecular formula is C19H32N2. The van der Waals surface area contributed by atoms with Gasteiger partial charge in [-0.2, -0.15) is 0 Å². The van der Waals surface area contributed by atoms with Crippen LogP contribution in [0, 0.1) is 5.92 Å². The minimum Gasteiger partial charge on any atom is -0.311 e. The number of nitrogens with zero attached hydrogens (tertiary/aromatic N) is 1. The van der Waals surface area contributed by atoms with Crippen LogP contribution >= 0.6 is 0 Å². The van der Waals surface area contributed by atoms with Gasteiger partial charge in [0.05, 0.1) is 0 Å². The Bertz CT molecular complexity index is 388. The lowest BCUT2D eigenvalue weighted by molar-refractivity contribution is 0.119. The fourth-order valence-electron chi connectivity index (χ4n) is 3.38. The Hall–Kier alpha value is -0.860. The summed E-state index contributed by atoms with van der Waals surface area (Å²) in [5, 5.41) is 3.79. The number of hydrogen-bond acceptors (Lipinski definition) is 2. The lowest BCUT2D eigenvalue weighted by Crippen LogP contribution is -2.57. The molecule has 0 saturated carbocycles. The first-order chi connectivity index (χ1) is 10.2. The Morgan fingerprint density at radius 1 is 1.24 bits per heavy atom. The van der Waals surface area contributed by atoms with E-state index in [0.717, 1.165) is 12.5 Å². The number of hydrogen-bond donors (Lipinski definition) is 1. The van der Waals surface area contributed by atoms with E-state index in [1.165, 1.54) is 44.3 Å². The Morgan fingerprint density at radius 2 is 2.00 bits per heavy atom. The molecule has 21 heavy (non-hydrogen) atoms. The van der Waals surface area contributed by atoms with Crippen LogP contribution in [-0.4, -0.2) is 36.6 Å². The molecule has 2 atom stereocenters. The number of rotatable bonds is 7. The van der Waals surface area contributed by atoms with Gasteiger partial charge >= 0.3 is 0 Å². The van der Waals surface area contributed by atoms with Crippen molar-refractivity contribution in [2.45, 2.75) is 58.5 Å². The van der Waals surface area contributed by atoms with Gasteiger partial charge in [-0.25, -0.2) is 0 Å². The maximum Gasteiger partial charge on any atom is 0.0261 e. The fourth-order valence-corrected chi connectivity index (χ4v) is 3.38. The molecule has 0 spiro atoms. The molecule has 1 N–H and O–H groups in total. The molecule has 0 bridgehead atoms. The van der Waals surface area contributed by atoms with Crippen molar-refractivity contribution in [2.75, 3.05) is 19.6 Å². The Morgan fingerprint density at radius 3 is 2.67 bits per heavy atom. The van der Waals surface area contributed by atoms with Crippen molar-refractivity contribution < 1.29 is 0 Å². The number of benzene rings is 1. The predicted molar refractivity (Wildman–Crippen MR) is 91.7 cm³/mol. The van der Waals surface area contributed by atoms with Crippen molar-refractivity contribution in [3.05, 3.63) is 35.9 Å². The molecule has 1 fully saturated rings. The first kappa shape index (κ1) is 16.5. The number of nitrogens with one attached hydrogen (secondary N) is 1. The normalized spacial score (nSPS) is 23.6. The summed E-state index contributed by atoms with van der Waals surface area (Å²) in [5.74, 6) is 0.779. The third-order valence-corrected chi connectivity index (χ3v) is 4.48. The molecule has 2 heteroatoms. The van der Waals surface area contributed by atoms with Gasteiger partial charge in [-0.05, 0) is 37.3 Å². The molecule has 2 rings (SSSR count). The summed E-state index contributed by atoms with van der Waals surface area (Å²) in [7, 11) is 0. The van der Waals surface area contributed by atoms with Crippen molar-refractivity contribution in [1.29, 1.82) is 0 Å². The largest absolute Gasteiger partial charge is 0.311 e. The second kappa shape index (κ2) is 8.55. The molecule has 1 aliphatic rings. The van der Waals surface area contributed by atoms with Gasteiger partial charge in [-0.1, -0.05) is 57.5 Å². The Labute approximate surface area is 130 Å². The summed E-state index contributed by atoms with van der Waals surface area (Å²) in [6.07, 6.45) is 5.07. The zero-order valence-electron chi connectivity index (χ0n) is 14.0. The van der Waals surface area contributed by atoms with Crippen molar-refractivity contribution in [3.8, 4) is 0 Å². The topological polar surface area (TPSA) is 15.3 Å². The maximum absolute atomic E-state index is 3.79. The highest BCUT2D eigenvalue weighted by Crippen LogP contribution is 2.17. The van der Waals surface area contributed by atoms with Crippen LogP contribution < -0.4 is 5.32 Å². The van der Waals surface area contributed by atoms with Crippen LogP contribution in [0.2, 0.25) is 0 Å². The van der Waals surface area contributed by atoms with Crippen molar-refractivity contribution in [1.82, 2.24) is 10.2 Å². The first-order valence-electron chi connectivity index (χ1n) is 8.70. The summed E-state index contributed by atoms with van der Waals surface area (Å²) < 4.78 is 0. The van der Waals surface area contributed by atoms with E-state index in [0.29, 0.717) is 12.1 Å². The van der Waals surface area contributed by atoms with Crippen LogP contribution in [0.15, 0.2) is 30.3 Å². The highest BCUT2D eigenvalue weighted by molar-refractivity contribution is 5.16. The van der Waals surface area contributed by atoms with E-state index < -0.39 is 0 Å². The van der Waals surface area contributed by atoms with Crippen LogP contribution in [0.4, 0.5) is 0 Å². The van der Waals surface area contributed by atoms with Crippen LogP contribution in [-0.2, 0) is 6.42 Å². The molecule has 118 valence electrons. The van der Waals surface area contributed by atoms with Gasteiger partial charge in [-0.3, -0.25) is 4.90 Å². The maximum atomic E-state index is 3.79. The van der Waals surface area contributed by atoms with Gasteiger partial charge in [0, 0.05) is 25.2 Å². The van der Waals surface area contributed by atoms with Crippen LogP contribution in [0.3, 0.4) is 0 Å². The van der Waals surface area contributed by atoms with Gasteiger partial charge in [0.15, 0.2) is 0 Å². The summed E-state index contributed by atoms with van der Waals surface area (Å²) in [6, 6.07) is 12.3. The molecule has 0 aromatic heterocycles. The second-order valence-corrected chi connectivity index (χ2v) is 6.93. The summed E-state index contributed by atoms with van der Waals surface area (Å²) >= 11 is 0. The Kier molecular flexibility index (Phi) is 6.72. The van der Waals surface area contributed by atoms with E-state index in [9.17, 15) is 0 Å². The molecule has 2 unspecified atom stereocenters. The summed E-state index contributed by atoms with van der Waals surface area (Å²) in [4.78, 5) is 2.74. The lowest BCUT2D eigenvalue weighted by Gasteiger charge is -2.41. The zero-order chi connectivity index (χ0) is 15.1. The standard InChI is InChI=1S/C19H32N2/c1-4-5-11-21-15-18(12-16(2)3)20-14-19(21)13-17-9-7-6-8-10-17/h6-10,16,18-20H,4-5,11-15H2,1-3H3. The van der Waals surface area contributed by atoms with Crippen LogP contribution in [0.5, 0.6) is 0 Å². The van der Waals surface area contributed by atoms with Crippen LogP contribution in [0.25, 0.3) is 0 Å². The lowest BCUT2D eigenvalue weighted by atomic mass is 9.96. The van der Waals surface area contributed by atoms with Crippen LogP contribution in [0.1, 0.15) is 45.6 Å². The third-order valence-electron chi connectivity index (χ3n) is 4.48. The molecule has 1 aromatic carbocycles. The molecule has 1 aromatic rings. The van der Waals surface area contributed by atoms with Gasteiger partial charge in [0.25, 0.3) is 0 Å². The molecule has 2 nitrogen and oxygen atoms in total. The third kappa shape index (κ3) is 5.44. The molecule has 1 heterocycles. The second-order valence-electron chi connectivity index (χ2n) is 6.93. The Balaban J connectivity index is 1.95. The van der Waals surface area contributed by atoms with Gasteiger partial charge in [0.2, 0.25) is 0 Å². The summed E-state index contributed by atoms with van der Waals surface area (Å²) in [6.45, 7) is 10.6. The number of unbranched alkanes of at least 4 members (excludes halogenated alkanes) is 1. The highest BCUT2D eigenvalue weighted by atomic mass is 15.2. The monoisotopic (exact) mass is 288 g/mol. The van der Waals surface area contributed by atoms with Gasteiger partial charge < -0.3 is 5.32 Å². The van der Waals surface area contributed by atoms with Crippen molar-refractivity contribution in [2.24, 2.45) is 5.92 Å². The summed E-state index contributed by atoms with van der Waals surface area (Å²) in [5.41, 5.74) is 1.47. The SMILES string of the molecule is CCCCN1CC(CC(C)C)NCC1Cc1ccccc1. The molecular weight excluding hydrogens is 256 g/mol. The molecule has 0 aliphatic carbocycles. The minimum atomic E-state index is 0.655. The van der Waals surface area contributed by atoms with E-state index >= 15 is 0 Å². The number of piperazine rings is 1. The van der Waals surface area contributed by atoms with E-state index in [2.05, 4.69) is 61.3 Å². The van der Waals surface area contributed by atoms with E-state index in [-0.39, 0.29) is 0 Å². The molecule has 1 saturated heterocycles. The average molecular weight is 288 g/mol. The molecule has 0 radical (unpaired) electrons. The fraction of sp³-hybridized carbons (Fsp3) is 0.684. The highest BCUT2D eigenvalue weighted by Gasteiger charge is 2.27. The molecule has 0 amide bonds.